The molecule has 3 nitrogen and oxygen atoms in total. The van der Waals surface area contributed by atoms with Gasteiger partial charge in [0.1, 0.15) is 6.33 Å². The van der Waals surface area contributed by atoms with Gasteiger partial charge in [-0.1, -0.05) is 0 Å². The van der Waals surface area contributed by atoms with Gasteiger partial charge in [0, 0.05) is 6.54 Å². The molecule has 0 aliphatic heterocycles. The van der Waals surface area contributed by atoms with E-state index in [0.29, 0.717) is 4.77 Å². The number of H-pyrrole nitrogens is 1. The van der Waals surface area contributed by atoms with Crippen LogP contribution < -0.4 is 0 Å². The lowest BCUT2D eigenvalue weighted by Gasteiger charge is -1.98. The minimum absolute atomic E-state index is 0.690. The lowest BCUT2D eigenvalue weighted by Crippen LogP contribution is -1.98. The van der Waals surface area contributed by atoms with Gasteiger partial charge in [-0.15, -0.1) is 0 Å². The highest BCUT2D eigenvalue weighted by Crippen LogP contribution is 2.07. The minimum Gasteiger partial charge on any atom is -0.306 e. The summed E-state index contributed by atoms with van der Waals surface area (Å²) >= 11 is 6.75. The van der Waals surface area contributed by atoms with E-state index in [1.54, 1.807) is 17.7 Å². The highest BCUT2D eigenvalue weighted by Gasteiger charge is 1.95. The molecule has 0 radical (unpaired) electrons. The van der Waals surface area contributed by atoms with Crippen LogP contribution in [0, 0.1) is 4.77 Å². The molecule has 5 heteroatoms. The Labute approximate surface area is 85.0 Å². The predicted octanol–water partition coefficient (Wildman–Crippen LogP) is 2.24. The van der Waals surface area contributed by atoms with Gasteiger partial charge < -0.3 is 4.57 Å². The fourth-order valence-corrected chi connectivity index (χ4v) is 2.01. The molecule has 0 saturated carbocycles. The molecule has 0 aliphatic rings. The number of thiophene rings is 1. The fraction of sp³-hybridized carbons (Fsp3) is 0.250. The molecule has 2 rings (SSSR count). The van der Waals surface area contributed by atoms with Crippen molar-refractivity contribution < 1.29 is 0 Å². The van der Waals surface area contributed by atoms with Crippen molar-refractivity contribution in [3.8, 4) is 0 Å². The zero-order valence-corrected chi connectivity index (χ0v) is 8.57. The quantitative estimate of drug-likeness (QED) is 0.790. The first-order valence-corrected chi connectivity index (χ1v) is 5.32. The van der Waals surface area contributed by atoms with Crippen LogP contribution >= 0.6 is 23.6 Å². The SMILES string of the molecule is S=c1[nH]ncn1CCc1ccsc1. The number of rotatable bonds is 3. The predicted molar refractivity (Wildman–Crippen MR) is 55.4 cm³/mol. The molecule has 2 heterocycles. The zero-order chi connectivity index (χ0) is 9.10. The van der Waals surface area contributed by atoms with Crippen LogP contribution in [0.15, 0.2) is 23.2 Å². The van der Waals surface area contributed by atoms with Crippen LogP contribution in [0.1, 0.15) is 5.56 Å². The third kappa shape index (κ3) is 2.05. The lowest BCUT2D eigenvalue weighted by atomic mass is 10.2. The van der Waals surface area contributed by atoms with Crippen molar-refractivity contribution in [3.63, 3.8) is 0 Å². The summed E-state index contributed by atoms with van der Waals surface area (Å²) in [6.07, 6.45) is 2.74. The van der Waals surface area contributed by atoms with E-state index in [-0.39, 0.29) is 0 Å². The number of nitrogens with one attached hydrogen (secondary N) is 1. The highest BCUT2D eigenvalue weighted by molar-refractivity contribution is 7.71. The molecule has 0 spiro atoms. The van der Waals surface area contributed by atoms with Crippen molar-refractivity contribution in [2.45, 2.75) is 13.0 Å². The molecule has 0 aromatic carbocycles. The summed E-state index contributed by atoms with van der Waals surface area (Å²) in [5, 5.41) is 10.8. The van der Waals surface area contributed by atoms with Crippen molar-refractivity contribution in [1.29, 1.82) is 0 Å². The Morgan fingerprint density at radius 1 is 1.62 bits per heavy atom. The van der Waals surface area contributed by atoms with Gasteiger partial charge in [0.25, 0.3) is 0 Å². The van der Waals surface area contributed by atoms with Gasteiger partial charge in [-0.05, 0) is 41.0 Å². The van der Waals surface area contributed by atoms with Crippen molar-refractivity contribution in [2.24, 2.45) is 0 Å². The van der Waals surface area contributed by atoms with Crippen LogP contribution in [0.3, 0.4) is 0 Å². The van der Waals surface area contributed by atoms with Crippen molar-refractivity contribution in [1.82, 2.24) is 14.8 Å². The molecule has 2 aromatic rings. The standard InChI is InChI=1S/C8H9N3S2/c12-8-10-9-6-11(8)3-1-7-2-4-13-5-7/h2,4-6H,1,3H2,(H,10,12). The van der Waals surface area contributed by atoms with Crippen LogP contribution in [-0.4, -0.2) is 14.8 Å². The molecule has 0 unspecified atom stereocenters. The number of aryl methyl sites for hydroxylation is 2. The Kier molecular flexibility index (Phi) is 2.56. The van der Waals surface area contributed by atoms with Gasteiger partial charge >= 0.3 is 0 Å². The monoisotopic (exact) mass is 211 g/mol. The molecular formula is C8H9N3S2. The van der Waals surface area contributed by atoms with Crippen LogP contribution in [0.25, 0.3) is 0 Å². The van der Waals surface area contributed by atoms with Gasteiger partial charge in [0.15, 0.2) is 4.77 Å². The molecule has 13 heavy (non-hydrogen) atoms. The molecule has 0 amide bonds. The molecule has 2 aromatic heterocycles. The maximum absolute atomic E-state index is 5.03. The van der Waals surface area contributed by atoms with E-state index >= 15 is 0 Å². The van der Waals surface area contributed by atoms with Crippen LogP contribution in [0.4, 0.5) is 0 Å². The van der Waals surface area contributed by atoms with Crippen molar-refractivity contribution >= 4 is 23.6 Å². The van der Waals surface area contributed by atoms with E-state index in [0.717, 1.165) is 13.0 Å². The molecule has 68 valence electrons. The van der Waals surface area contributed by atoms with Gasteiger partial charge in [0.05, 0.1) is 0 Å². The third-order valence-corrected chi connectivity index (χ3v) is 2.90. The second-order valence-electron chi connectivity index (χ2n) is 2.74. The Hall–Kier alpha value is -0.940. The first-order chi connectivity index (χ1) is 6.36. The molecule has 0 bridgehead atoms. The molecular weight excluding hydrogens is 202 g/mol. The third-order valence-electron chi connectivity index (χ3n) is 1.84. The first-order valence-electron chi connectivity index (χ1n) is 3.97. The largest absolute Gasteiger partial charge is 0.306 e. The number of aromatic nitrogens is 3. The van der Waals surface area contributed by atoms with E-state index in [1.807, 2.05) is 4.57 Å². The summed E-state index contributed by atoms with van der Waals surface area (Å²) in [5.74, 6) is 0. The van der Waals surface area contributed by atoms with E-state index < -0.39 is 0 Å². The van der Waals surface area contributed by atoms with Gasteiger partial charge in [-0.2, -0.15) is 16.4 Å². The van der Waals surface area contributed by atoms with Crippen LogP contribution in [-0.2, 0) is 13.0 Å². The van der Waals surface area contributed by atoms with E-state index in [1.165, 1.54) is 5.56 Å². The van der Waals surface area contributed by atoms with Crippen LogP contribution in [0.2, 0.25) is 0 Å². The highest BCUT2D eigenvalue weighted by atomic mass is 32.1. The van der Waals surface area contributed by atoms with Crippen molar-refractivity contribution in [3.05, 3.63) is 33.5 Å². The Balaban J connectivity index is 2.01. The number of nitrogens with zero attached hydrogens (tertiary/aromatic N) is 2. The molecule has 1 N–H and O–H groups in total. The summed E-state index contributed by atoms with van der Waals surface area (Å²) in [6.45, 7) is 0.895. The molecule has 0 atom stereocenters. The second kappa shape index (κ2) is 3.85. The Morgan fingerprint density at radius 2 is 2.54 bits per heavy atom. The summed E-state index contributed by atoms with van der Waals surface area (Å²) in [5.41, 5.74) is 1.35. The summed E-state index contributed by atoms with van der Waals surface area (Å²) in [6, 6.07) is 2.13. The Morgan fingerprint density at radius 3 is 3.15 bits per heavy atom. The zero-order valence-electron chi connectivity index (χ0n) is 6.93. The van der Waals surface area contributed by atoms with E-state index in [2.05, 4.69) is 27.0 Å². The number of aromatic amines is 1. The van der Waals surface area contributed by atoms with Crippen LogP contribution in [0.5, 0.6) is 0 Å². The number of hydrogen-bond donors (Lipinski definition) is 1. The lowest BCUT2D eigenvalue weighted by molar-refractivity contribution is 0.686. The van der Waals surface area contributed by atoms with Crippen molar-refractivity contribution in [2.75, 3.05) is 0 Å². The van der Waals surface area contributed by atoms with E-state index in [9.17, 15) is 0 Å². The second-order valence-corrected chi connectivity index (χ2v) is 3.90. The average Bonchev–Trinajstić information content (AvgIpc) is 2.72. The molecule has 0 aliphatic carbocycles. The normalized spacial score (nSPS) is 10.5. The summed E-state index contributed by atoms with van der Waals surface area (Å²) < 4.78 is 2.63. The topological polar surface area (TPSA) is 33.6 Å². The average molecular weight is 211 g/mol. The minimum atomic E-state index is 0.690. The maximum Gasteiger partial charge on any atom is 0.194 e. The van der Waals surface area contributed by atoms with Gasteiger partial charge in [-0.3, -0.25) is 5.10 Å². The number of hydrogen-bond acceptors (Lipinski definition) is 3. The summed E-state index contributed by atoms with van der Waals surface area (Å²) in [4.78, 5) is 0. The molecule has 0 saturated heterocycles. The fourth-order valence-electron chi connectivity index (χ4n) is 1.11. The van der Waals surface area contributed by atoms with Gasteiger partial charge in [-0.25, -0.2) is 0 Å². The smallest absolute Gasteiger partial charge is 0.194 e. The summed E-state index contributed by atoms with van der Waals surface area (Å²) in [7, 11) is 0. The van der Waals surface area contributed by atoms with Gasteiger partial charge in [0.2, 0.25) is 0 Å². The molecule has 0 fully saturated rings. The first kappa shape index (κ1) is 8.65. The Bertz CT molecular complexity index is 413. The maximum atomic E-state index is 5.03. The van der Waals surface area contributed by atoms with E-state index in [4.69, 9.17) is 12.2 Å².